The van der Waals surface area contributed by atoms with Crippen molar-refractivity contribution in [2.24, 2.45) is 10.9 Å². The number of nitrogens with one attached hydrogen (secondary N) is 2. The molecule has 0 aromatic carbocycles. The zero-order valence-electron chi connectivity index (χ0n) is 24.1. The zero-order valence-corrected chi connectivity index (χ0v) is 24.1. The topological polar surface area (TPSA) is 113 Å². The highest BCUT2D eigenvalue weighted by atomic mass is 16.5. The van der Waals surface area contributed by atoms with Crippen LogP contribution < -0.4 is 10.6 Å². The molecule has 10 heteroatoms. The third-order valence-corrected chi connectivity index (χ3v) is 9.22. The van der Waals surface area contributed by atoms with E-state index >= 15 is 0 Å². The Morgan fingerprint density at radius 2 is 1.67 bits per heavy atom. The second kappa shape index (κ2) is 14.3. The molecule has 0 aromatic heterocycles. The molecule has 4 aliphatic rings. The van der Waals surface area contributed by atoms with Gasteiger partial charge in [0.25, 0.3) is 0 Å². The smallest absolute Gasteiger partial charge is 0.436 e. The van der Waals surface area contributed by atoms with Crippen LogP contribution in [0.25, 0.3) is 0 Å². The van der Waals surface area contributed by atoms with Crippen molar-refractivity contribution >= 4 is 18.0 Å². The van der Waals surface area contributed by atoms with Crippen LogP contribution in [0.4, 0.5) is 4.79 Å². The van der Waals surface area contributed by atoms with Crippen molar-refractivity contribution in [3.8, 4) is 6.07 Å². The molecular formula is C29H49N7O3. The van der Waals surface area contributed by atoms with Gasteiger partial charge in [-0.3, -0.25) is 4.79 Å². The van der Waals surface area contributed by atoms with Crippen molar-refractivity contribution in [1.29, 1.82) is 5.26 Å². The number of hydrogen-bond acceptors (Lipinski definition) is 6. The quantitative estimate of drug-likeness (QED) is 0.372. The van der Waals surface area contributed by atoms with E-state index in [9.17, 15) is 14.9 Å². The fourth-order valence-electron chi connectivity index (χ4n) is 6.72. The van der Waals surface area contributed by atoms with Gasteiger partial charge in [-0.25, -0.2) is 4.79 Å². The summed E-state index contributed by atoms with van der Waals surface area (Å²) < 4.78 is 5.17. The Morgan fingerprint density at radius 1 is 1.00 bits per heavy atom. The molecule has 3 aliphatic heterocycles. The van der Waals surface area contributed by atoms with E-state index in [2.05, 4.69) is 36.4 Å². The van der Waals surface area contributed by atoms with E-state index in [-0.39, 0.29) is 12.5 Å². The molecular weight excluding hydrogens is 494 g/mol. The summed E-state index contributed by atoms with van der Waals surface area (Å²) in [6, 6.07) is 2.42. The Bertz CT molecular complexity index is 876. The van der Waals surface area contributed by atoms with Gasteiger partial charge in [0.05, 0.1) is 12.7 Å². The molecule has 0 bridgehead atoms. The first-order valence-electron chi connectivity index (χ1n) is 15.3. The third kappa shape index (κ3) is 8.31. The highest BCUT2D eigenvalue weighted by Gasteiger charge is 2.38. The van der Waals surface area contributed by atoms with Crippen LogP contribution in [0.15, 0.2) is 4.99 Å². The van der Waals surface area contributed by atoms with Crippen LogP contribution in [0, 0.1) is 17.2 Å². The second-order valence-electron chi connectivity index (χ2n) is 12.0. The predicted octanol–water partition coefficient (Wildman–Crippen LogP) is 3.09. The van der Waals surface area contributed by atoms with Gasteiger partial charge < -0.3 is 30.1 Å². The predicted molar refractivity (Wildman–Crippen MR) is 151 cm³/mol. The number of guanidine groups is 1. The molecule has 4 rings (SSSR count). The molecule has 3 heterocycles. The first kappa shape index (κ1) is 29.6. The maximum Gasteiger partial charge on any atom is 0.436 e. The molecule has 10 nitrogen and oxygen atoms in total. The van der Waals surface area contributed by atoms with E-state index in [0.29, 0.717) is 37.2 Å². The lowest BCUT2D eigenvalue weighted by molar-refractivity contribution is -0.125. The normalized spacial score (nSPS) is 24.6. The van der Waals surface area contributed by atoms with Crippen LogP contribution in [-0.4, -0.2) is 103 Å². The van der Waals surface area contributed by atoms with Crippen LogP contribution in [-0.2, 0) is 9.53 Å². The lowest BCUT2D eigenvalue weighted by Gasteiger charge is -2.40. The number of piperidine rings is 2. The van der Waals surface area contributed by atoms with Crippen molar-refractivity contribution in [3.05, 3.63) is 0 Å². The molecule has 0 spiro atoms. The van der Waals surface area contributed by atoms with Gasteiger partial charge in [0.1, 0.15) is 11.6 Å². The molecule has 1 saturated carbocycles. The molecule has 2 amide bonds. The number of carbonyl (C=O) groups is 2. The number of carbonyl (C=O) groups excluding carboxylic acids is 2. The van der Waals surface area contributed by atoms with Crippen molar-refractivity contribution in [1.82, 2.24) is 25.3 Å². The molecule has 218 valence electrons. The van der Waals surface area contributed by atoms with E-state index in [1.165, 1.54) is 45.2 Å². The van der Waals surface area contributed by atoms with Crippen molar-refractivity contribution in [3.63, 3.8) is 0 Å². The maximum atomic E-state index is 13.9. The Hall–Kier alpha value is -2.38. The van der Waals surface area contributed by atoms with Crippen LogP contribution in [0.3, 0.4) is 0 Å². The van der Waals surface area contributed by atoms with E-state index < -0.39 is 17.7 Å². The van der Waals surface area contributed by atoms with Crippen LogP contribution >= 0.6 is 0 Å². The summed E-state index contributed by atoms with van der Waals surface area (Å²) in [5, 5.41) is 16.6. The molecule has 1 atom stereocenters. The molecule has 2 N–H and O–H groups in total. The number of nitrogens with zero attached hydrogens (tertiary/aromatic N) is 5. The molecule has 1 aliphatic carbocycles. The van der Waals surface area contributed by atoms with E-state index in [0.717, 1.165) is 51.9 Å². The van der Waals surface area contributed by atoms with E-state index in [1.54, 1.807) is 6.92 Å². The summed E-state index contributed by atoms with van der Waals surface area (Å²) in [6.07, 6.45) is 11.6. The summed E-state index contributed by atoms with van der Waals surface area (Å²) in [5.74, 6) is 0.691. The lowest BCUT2D eigenvalue weighted by atomic mass is 9.84. The minimum atomic E-state index is -0.859. The van der Waals surface area contributed by atoms with Crippen molar-refractivity contribution < 1.29 is 14.3 Å². The van der Waals surface area contributed by atoms with Crippen molar-refractivity contribution in [2.75, 3.05) is 52.9 Å². The average Bonchev–Trinajstić information content (AvgIpc) is 3.50. The van der Waals surface area contributed by atoms with Gasteiger partial charge in [-0.05, 0) is 77.9 Å². The molecule has 39 heavy (non-hydrogen) atoms. The average molecular weight is 544 g/mol. The number of rotatable bonds is 7. The largest absolute Gasteiger partial charge is 0.448 e. The molecule has 0 radical (unpaired) electrons. The summed E-state index contributed by atoms with van der Waals surface area (Å²) in [4.78, 5) is 37.6. The van der Waals surface area contributed by atoms with Gasteiger partial charge in [0.2, 0.25) is 11.9 Å². The van der Waals surface area contributed by atoms with Gasteiger partial charge >= 0.3 is 6.09 Å². The minimum Gasteiger partial charge on any atom is -0.448 e. The summed E-state index contributed by atoms with van der Waals surface area (Å²) in [6.45, 7) is 7.46. The Morgan fingerprint density at radius 3 is 2.28 bits per heavy atom. The van der Waals surface area contributed by atoms with Gasteiger partial charge in [-0.1, -0.05) is 32.1 Å². The van der Waals surface area contributed by atoms with Crippen LogP contribution in [0.5, 0.6) is 0 Å². The van der Waals surface area contributed by atoms with Crippen LogP contribution in [0.1, 0.15) is 84.0 Å². The first-order chi connectivity index (χ1) is 18.9. The highest BCUT2D eigenvalue weighted by molar-refractivity contribution is 5.94. The Labute approximate surface area is 234 Å². The third-order valence-electron chi connectivity index (χ3n) is 9.22. The summed E-state index contributed by atoms with van der Waals surface area (Å²) >= 11 is 0. The molecule has 1 unspecified atom stereocenters. The first-order valence-corrected chi connectivity index (χ1v) is 15.3. The minimum absolute atomic E-state index is 0.171. The monoisotopic (exact) mass is 543 g/mol. The highest BCUT2D eigenvalue weighted by Crippen LogP contribution is 2.29. The van der Waals surface area contributed by atoms with E-state index in [4.69, 9.17) is 4.74 Å². The second-order valence-corrected chi connectivity index (χ2v) is 12.0. The molecule has 4 fully saturated rings. The van der Waals surface area contributed by atoms with Gasteiger partial charge in [0.15, 0.2) is 0 Å². The van der Waals surface area contributed by atoms with Crippen molar-refractivity contribution in [2.45, 2.75) is 102 Å². The number of likely N-dealkylation sites (tertiary alicyclic amines) is 3. The fourth-order valence-corrected chi connectivity index (χ4v) is 6.72. The zero-order chi connectivity index (χ0) is 27.7. The van der Waals surface area contributed by atoms with Gasteiger partial charge in [-0.2, -0.15) is 5.26 Å². The Balaban J connectivity index is 1.50. The number of aliphatic imine (C=N–C) groups is 1. The Kier molecular flexibility index (Phi) is 10.9. The number of nitriles is 1. The molecule has 3 saturated heterocycles. The SMILES string of the molecule is CCOC(=O)/N=C(\NC(CC1CCCCC1)C(=O)NC1(C#N)CCN(C)CC1)N1CCC(N2CCCC2)CC1. The van der Waals surface area contributed by atoms with Gasteiger partial charge in [0, 0.05) is 32.2 Å². The number of hydrogen-bond donors (Lipinski definition) is 2. The summed E-state index contributed by atoms with van der Waals surface area (Å²) in [7, 11) is 2.04. The standard InChI is InChI=1S/C29H49N7O3/c1-3-39-28(38)32-27(36-17-11-24(12-18-36)35-15-7-8-16-35)31-25(21-23-9-5-4-6-10-23)26(37)33-29(22-30)13-19-34(2)20-14-29/h23-25H,3-21H2,1-2H3,(H,33,37)(H,31,32,38). The lowest BCUT2D eigenvalue weighted by Crippen LogP contribution is -2.60. The fraction of sp³-hybridized carbons (Fsp3) is 0.862. The molecule has 0 aromatic rings. The number of ether oxygens (including phenoxy) is 1. The van der Waals surface area contributed by atoms with E-state index in [1.807, 2.05) is 7.05 Å². The van der Waals surface area contributed by atoms with Gasteiger partial charge in [-0.15, -0.1) is 4.99 Å². The van der Waals surface area contributed by atoms with Crippen LogP contribution in [0.2, 0.25) is 0 Å². The maximum absolute atomic E-state index is 13.9. The summed E-state index contributed by atoms with van der Waals surface area (Å²) in [5.41, 5.74) is -0.859. The number of amides is 2.